The molecule has 1 aromatic heterocycles. The first-order chi connectivity index (χ1) is 14.0. The van der Waals surface area contributed by atoms with Crippen LogP contribution in [0.25, 0.3) is 17.4 Å². The summed E-state index contributed by atoms with van der Waals surface area (Å²) in [6, 6.07) is 17.3. The number of nitrogens with zero attached hydrogens (tertiary/aromatic N) is 2. The Morgan fingerprint density at radius 2 is 1.86 bits per heavy atom. The van der Waals surface area contributed by atoms with Gasteiger partial charge in [-0.1, -0.05) is 18.2 Å². The van der Waals surface area contributed by atoms with E-state index in [4.69, 9.17) is 4.42 Å². The Morgan fingerprint density at radius 3 is 2.59 bits per heavy atom. The van der Waals surface area contributed by atoms with Crippen molar-refractivity contribution in [2.45, 2.75) is 6.92 Å². The quantitative estimate of drug-likeness (QED) is 0.372. The molecule has 4 rings (SSSR count). The van der Waals surface area contributed by atoms with Crippen molar-refractivity contribution in [2.24, 2.45) is 4.99 Å². The zero-order chi connectivity index (χ0) is 20.4. The molecule has 0 bridgehead atoms. The van der Waals surface area contributed by atoms with Crippen LogP contribution in [0.15, 0.2) is 75.0 Å². The number of non-ortho nitro benzene ring substituents is 1. The number of para-hydroxylation sites is 1. The summed E-state index contributed by atoms with van der Waals surface area (Å²) < 4.78 is 5.77. The lowest BCUT2D eigenvalue weighted by atomic mass is 10.1. The molecule has 0 atom stereocenters. The fraction of sp³-hybridized carbons (Fsp3) is 0.0476. The fourth-order valence-corrected chi connectivity index (χ4v) is 3.56. The SMILES string of the molecule is Cc1ccccc1N=C1NC(=O)C(=Cc2ccc(-c3ccc([N+](=O)[O-])cc3)o2)S1. The second kappa shape index (κ2) is 7.76. The normalized spacial score (nSPS) is 16.4. The van der Waals surface area contributed by atoms with Crippen LogP contribution in [-0.2, 0) is 4.79 Å². The number of carbonyl (C=O) groups is 1. The molecule has 29 heavy (non-hydrogen) atoms. The summed E-state index contributed by atoms with van der Waals surface area (Å²) in [4.78, 5) is 27.5. The molecule has 1 fully saturated rings. The van der Waals surface area contributed by atoms with Gasteiger partial charge in [-0.05, 0) is 54.6 Å². The number of hydrogen-bond donors (Lipinski definition) is 1. The molecule has 1 N–H and O–H groups in total. The van der Waals surface area contributed by atoms with E-state index in [1.54, 1.807) is 30.3 Å². The largest absolute Gasteiger partial charge is 0.457 e. The molecule has 0 spiro atoms. The first kappa shape index (κ1) is 18.7. The molecule has 1 aliphatic heterocycles. The molecular weight excluding hydrogens is 390 g/mol. The van der Waals surface area contributed by atoms with Crippen molar-refractivity contribution in [1.82, 2.24) is 5.32 Å². The smallest absolute Gasteiger partial charge is 0.269 e. The molecule has 8 heteroatoms. The molecule has 144 valence electrons. The Kier molecular flexibility index (Phi) is 5.01. The predicted octanol–water partition coefficient (Wildman–Crippen LogP) is 5.05. The number of amides is 1. The lowest BCUT2D eigenvalue weighted by molar-refractivity contribution is -0.384. The molecule has 2 heterocycles. The molecular formula is C21H15N3O4S. The molecule has 2 aromatic carbocycles. The highest BCUT2D eigenvalue weighted by Crippen LogP contribution is 2.31. The molecule has 1 amide bonds. The minimum atomic E-state index is -0.451. The molecule has 0 saturated carbocycles. The van der Waals surface area contributed by atoms with Crippen LogP contribution >= 0.6 is 11.8 Å². The van der Waals surface area contributed by atoms with Crippen molar-refractivity contribution in [3.63, 3.8) is 0 Å². The van der Waals surface area contributed by atoms with Crippen LogP contribution in [0.4, 0.5) is 11.4 Å². The molecule has 7 nitrogen and oxygen atoms in total. The van der Waals surface area contributed by atoms with E-state index in [9.17, 15) is 14.9 Å². The number of aryl methyl sites for hydroxylation is 1. The molecule has 0 aliphatic carbocycles. The van der Waals surface area contributed by atoms with Crippen LogP contribution < -0.4 is 5.32 Å². The minimum absolute atomic E-state index is 0.0159. The van der Waals surface area contributed by atoms with Crippen molar-refractivity contribution >= 4 is 40.3 Å². The molecule has 1 aliphatic rings. The first-order valence-corrected chi connectivity index (χ1v) is 9.51. The molecule has 3 aromatic rings. The number of furan rings is 1. The third-order valence-corrected chi connectivity index (χ3v) is 5.16. The average molecular weight is 405 g/mol. The Morgan fingerprint density at radius 1 is 1.10 bits per heavy atom. The third-order valence-electron chi connectivity index (χ3n) is 4.25. The zero-order valence-electron chi connectivity index (χ0n) is 15.3. The number of amidine groups is 1. The summed E-state index contributed by atoms with van der Waals surface area (Å²) in [5, 5.41) is 14.0. The van der Waals surface area contributed by atoms with Crippen LogP contribution in [-0.4, -0.2) is 16.0 Å². The number of hydrogen-bond acceptors (Lipinski definition) is 6. The van der Waals surface area contributed by atoms with Crippen LogP contribution in [0.1, 0.15) is 11.3 Å². The number of thioether (sulfide) groups is 1. The van der Waals surface area contributed by atoms with E-state index in [0.717, 1.165) is 11.3 Å². The van der Waals surface area contributed by atoms with Crippen LogP contribution in [0.3, 0.4) is 0 Å². The van der Waals surface area contributed by atoms with E-state index < -0.39 is 4.92 Å². The van der Waals surface area contributed by atoms with Gasteiger partial charge in [0.2, 0.25) is 0 Å². The van der Waals surface area contributed by atoms with E-state index in [2.05, 4.69) is 10.3 Å². The Bertz CT molecular complexity index is 1160. The van der Waals surface area contributed by atoms with Crippen LogP contribution in [0.5, 0.6) is 0 Å². The standard InChI is InChI=1S/C21H15N3O4S/c1-13-4-2-3-5-17(13)22-21-23-20(25)19(29-21)12-16-10-11-18(28-16)14-6-8-15(9-7-14)24(26)27/h2-12H,1H3,(H,22,23,25). The van der Waals surface area contributed by atoms with E-state index in [-0.39, 0.29) is 11.6 Å². The van der Waals surface area contributed by atoms with Crippen LogP contribution in [0.2, 0.25) is 0 Å². The highest BCUT2D eigenvalue weighted by atomic mass is 32.2. The Labute approximate surface area is 170 Å². The van der Waals surface area contributed by atoms with Crippen LogP contribution in [0, 0.1) is 17.0 Å². The maximum absolute atomic E-state index is 12.3. The number of carbonyl (C=O) groups excluding carboxylic acids is 1. The van der Waals surface area contributed by atoms with E-state index >= 15 is 0 Å². The van der Waals surface area contributed by atoms with Crippen molar-refractivity contribution in [1.29, 1.82) is 0 Å². The van der Waals surface area contributed by atoms with Gasteiger partial charge in [0.25, 0.3) is 11.6 Å². The highest BCUT2D eigenvalue weighted by Gasteiger charge is 2.24. The Balaban J connectivity index is 1.54. The number of nitrogens with one attached hydrogen (secondary N) is 1. The minimum Gasteiger partial charge on any atom is -0.457 e. The highest BCUT2D eigenvalue weighted by molar-refractivity contribution is 8.18. The number of rotatable bonds is 4. The predicted molar refractivity (Wildman–Crippen MR) is 113 cm³/mol. The van der Waals surface area contributed by atoms with Gasteiger partial charge in [0.1, 0.15) is 11.5 Å². The lowest BCUT2D eigenvalue weighted by Crippen LogP contribution is -2.19. The zero-order valence-corrected chi connectivity index (χ0v) is 16.1. The van der Waals surface area contributed by atoms with Gasteiger partial charge in [-0.25, -0.2) is 4.99 Å². The topological polar surface area (TPSA) is 97.7 Å². The monoisotopic (exact) mass is 405 g/mol. The number of aliphatic imine (C=N–C) groups is 1. The second-order valence-electron chi connectivity index (χ2n) is 6.27. The van der Waals surface area contributed by atoms with Crippen molar-refractivity contribution in [3.05, 3.63) is 87.0 Å². The van der Waals surface area contributed by atoms with Gasteiger partial charge in [-0.3, -0.25) is 14.9 Å². The maximum Gasteiger partial charge on any atom is 0.269 e. The summed E-state index contributed by atoms with van der Waals surface area (Å²) in [6.45, 7) is 1.96. The van der Waals surface area contributed by atoms with Gasteiger partial charge in [-0.2, -0.15) is 0 Å². The Hall–Kier alpha value is -3.65. The molecule has 0 radical (unpaired) electrons. The third kappa shape index (κ3) is 4.12. The molecule has 0 unspecified atom stereocenters. The van der Waals surface area contributed by atoms with Gasteiger partial charge < -0.3 is 9.73 Å². The van der Waals surface area contributed by atoms with E-state index in [0.29, 0.717) is 27.2 Å². The van der Waals surface area contributed by atoms with E-state index in [1.165, 1.54) is 23.9 Å². The fourth-order valence-electron chi connectivity index (χ4n) is 2.74. The summed E-state index contributed by atoms with van der Waals surface area (Å²) in [6.07, 6.45) is 1.65. The summed E-state index contributed by atoms with van der Waals surface area (Å²) >= 11 is 1.24. The summed E-state index contributed by atoms with van der Waals surface area (Å²) in [7, 11) is 0. The second-order valence-corrected chi connectivity index (χ2v) is 7.30. The maximum atomic E-state index is 12.3. The molecule has 1 saturated heterocycles. The number of benzene rings is 2. The first-order valence-electron chi connectivity index (χ1n) is 8.69. The lowest BCUT2D eigenvalue weighted by Gasteiger charge is -1.99. The summed E-state index contributed by atoms with van der Waals surface area (Å²) in [5.41, 5.74) is 2.55. The van der Waals surface area contributed by atoms with E-state index in [1.807, 2.05) is 31.2 Å². The summed E-state index contributed by atoms with van der Waals surface area (Å²) in [5.74, 6) is 0.827. The van der Waals surface area contributed by atoms with Crippen molar-refractivity contribution in [3.8, 4) is 11.3 Å². The van der Waals surface area contributed by atoms with Gasteiger partial charge >= 0.3 is 0 Å². The number of nitro benzene ring substituents is 1. The van der Waals surface area contributed by atoms with Gasteiger partial charge in [0.15, 0.2) is 5.17 Å². The van der Waals surface area contributed by atoms with Crippen molar-refractivity contribution < 1.29 is 14.1 Å². The van der Waals surface area contributed by atoms with Gasteiger partial charge in [0, 0.05) is 23.8 Å². The van der Waals surface area contributed by atoms with Gasteiger partial charge in [0.05, 0.1) is 15.5 Å². The average Bonchev–Trinajstić information content (AvgIpc) is 3.31. The number of nitro groups is 1. The van der Waals surface area contributed by atoms with Gasteiger partial charge in [-0.15, -0.1) is 0 Å². The van der Waals surface area contributed by atoms with Crippen molar-refractivity contribution in [2.75, 3.05) is 0 Å².